The van der Waals surface area contributed by atoms with Crippen molar-refractivity contribution < 1.29 is 23.5 Å². The molecule has 17 heteroatoms. The molecule has 0 saturated heterocycles. The first-order chi connectivity index (χ1) is 27.5. The number of nitrogens with one attached hydrogen (secondary N) is 2. The fourth-order valence-electron chi connectivity index (χ4n) is 6.97. The van der Waals surface area contributed by atoms with Crippen LogP contribution < -0.4 is 25.8 Å². The number of nitrogens with two attached hydrogens (primary N) is 1. The molecule has 57 heavy (non-hydrogen) atoms. The third-order valence-electron chi connectivity index (χ3n) is 9.53. The molecule has 0 fully saturated rings. The van der Waals surface area contributed by atoms with E-state index in [1.165, 1.54) is 0 Å². The number of aryl methyl sites for hydroxylation is 5. The van der Waals surface area contributed by atoms with E-state index in [9.17, 15) is 9.59 Å². The summed E-state index contributed by atoms with van der Waals surface area (Å²) in [4.78, 5) is 49.5. The van der Waals surface area contributed by atoms with Gasteiger partial charge in [0.15, 0.2) is 17.5 Å². The monoisotopic (exact) mass is 774 g/mol. The van der Waals surface area contributed by atoms with E-state index in [4.69, 9.17) is 29.6 Å². The van der Waals surface area contributed by atoms with Gasteiger partial charge in [-0.3, -0.25) is 14.9 Å². The molecule has 0 unspecified atom stereocenters. The van der Waals surface area contributed by atoms with Crippen molar-refractivity contribution in [3.8, 4) is 23.1 Å². The Morgan fingerprint density at radius 3 is 2.46 bits per heavy atom. The Morgan fingerprint density at radius 1 is 0.947 bits per heavy atom. The number of hydrogen-bond acceptors (Lipinski definition) is 12. The van der Waals surface area contributed by atoms with Crippen LogP contribution in [0.4, 0.5) is 5.95 Å². The van der Waals surface area contributed by atoms with Crippen LogP contribution in [-0.4, -0.2) is 83.0 Å². The van der Waals surface area contributed by atoms with Gasteiger partial charge in [0.1, 0.15) is 28.5 Å². The van der Waals surface area contributed by atoms with Crippen molar-refractivity contribution in [3.63, 3.8) is 0 Å². The predicted molar refractivity (Wildman–Crippen MR) is 216 cm³/mol. The molecule has 0 atom stereocenters. The number of amides is 2. The Hall–Kier alpha value is -6.62. The smallest absolute Gasteiger partial charge is 0.295 e. The first kappa shape index (κ1) is 38.6. The lowest BCUT2D eigenvalue weighted by Gasteiger charge is -2.13. The van der Waals surface area contributed by atoms with Gasteiger partial charge in [0, 0.05) is 49.1 Å². The second-order valence-electron chi connectivity index (χ2n) is 13.5. The molecule has 0 aliphatic rings. The summed E-state index contributed by atoms with van der Waals surface area (Å²) < 4.78 is 23.5. The molecular weight excluding hydrogens is 729 g/mol. The molecule has 5 aromatic heterocycles. The Morgan fingerprint density at radius 2 is 1.74 bits per heavy atom. The number of benzene rings is 2. The van der Waals surface area contributed by atoms with Crippen molar-refractivity contribution in [1.29, 1.82) is 0 Å². The number of imidazole rings is 1. The summed E-state index contributed by atoms with van der Waals surface area (Å²) in [6, 6.07) is 7.30. The fraction of sp³-hybridized carbons (Fsp3) is 0.350. The average Bonchev–Trinajstić information content (AvgIpc) is 3.95. The molecule has 0 radical (unpaired) electrons. The van der Waals surface area contributed by atoms with Crippen molar-refractivity contribution >= 4 is 50.7 Å². The number of fused-ring (bicyclic) bond motifs is 4. The lowest BCUT2D eigenvalue weighted by Crippen LogP contribution is -2.17. The first-order valence-electron chi connectivity index (χ1n) is 18.8. The maximum atomic E-state index is 13.6. The molecule has 0 saturated carbocycles. The minimum absolute atomic E-state index is 0.150. The van der Waals surface area contributed by atoms with Crippen molar-refractivity contribution in [2.45, 2.75) is 67.1 Å². The summed E-state index contributed by atoms with van der Waals surface area (Å²) in [6.45, 7) is 12.0. The molecule has 0 aliphatic heterocycles. The van der Waals surface area contributed by atoms with E-state index >= 15 is 0 Å². The van der Waals surface area contributed by atoms with Gasteiger partial charge in [-0.1, -0.05) is 19.1 Å². The zero-order valence-electron chi connectivity index (χ0n) is 33.1. The summed E-state index contributed by atoms with van der Waals surface area (Å²) in [5.41, 5.74) is 10.3. The summed E-state index contributed by atoms with van der Waals surface area (Å²) in [7, 11) is 3.45. The van der Waals surface area contributed by atoms with Gasteiger partial charge in [0.2, 0.25) is 17.6 Å². The first-order valence-corrected chi connectivity index (χ1v) is 18.8. The highest BCUT2D eigenvalue weighted by molar-refractivity contribution is 6.11. The van der Waals surface area contributed by atoms with Crippen LogP contribution in [0.3, 0.4) is 0 Å². The average molecular weight is 775 g/mol. The normalized spacial score (nSPS) is 11.8. The molecule has 7 rings (SSSR count). The maximum Gasteiger partial charge on any atom is 0.295 e. The van der Waals surface area contributed by atoms with Gasteiger partial charge in [-0.2, -0.15) is 5.10 Å². The van der Waals surface area contributed by atoms with Crippen LogP contribution >= 0.6 is 0 Å². The number of methoxy groups -OCH3 is 1. The molecule has 296 valence electrons. The van der Waals surface area contributed by atoms with E-state index in [0.29, 0.717) is 112 Å². The minimum Gasteiger partial charge on any atom is -0.495 e. The number of rotatable bonds is 16. The highest BCUT2D eigenvalue weighted by atomic mass is 16.5. The summed E-state index contributed by atoms with van der Waals surface area (Å²) in [5, 5.41) is 12.0. The predicted octanol–water partition coefficient (Wildman–Crippen LogP) is 5.29. The lowest BCUT2D eigenvalue weighted by molar-refractivity contribution is 0.0988. The van der Waals surface area contributed by atoms with Crippen LogP contribution in [0.5, 0.6) is 11.5 Å². The molecule has 2 amide bonds. The molecular formula is C40H46N12O5. The van der Waals surface area contributed by atoms with Crippen molar-refractivity contribution in [3.05, 3.63) is 76.9 Å². The van der Waals surface area contributed by atoms with Crippen molar-refractivity contribution in [1.82, 2.24) is 49.2 Å². The summed E-state index contributed by atoms with van der Waals surface area (Å²) in [6.07, 6.45) is 7.04. The number of aromatic nitrogens is 9. The van der Waals surface area contributed by atoms with Crippen LogP contribution in [0, 0.1) is 20.8 Å². The number of carbonyl (C=O) groups excluding carboxylic acids is 2. The Kier molecular flexibility index (Phi) is 11.0. The standard InChI is InChI=1S/C40H46N12O5/c1-8-28-34(57-24(5)45-28)39(54)48-40-46-29-17-22(3)18-31(56-16-12-13-42-6)33(29)51(40)15-11-10-14-50-32-26(19-25(35(41)53)20-30(32)55-7)27-21-43-36(47-37(27)50)38-44-23(4)49-52(38)9-2/h10-11,17-21,42H,8-9,12-16H2,1-7H3,(H2,41,53)(H,46,48,54)/b11-10+. The Bertz CT molecular complexity index is 2670. The topological polar surface area (TPSA) is 208 Å². The second kappa shape index (κ2) is 16.2. The molecule has 0 aliphatic carbocycles. The van der Waals surface area contributed by atoms with Crippen LogP contribution in [-0.2, 0) is 26.1 Å². The summed E-state index contributed by atoms with van der Waals surface area (Å²) in [5.74, 6) is 2.53. The number of carbonyl (C=O) groups is 2. The van der Waals surface area contributed by atoms with Gasteiger partial charge in [0.05, 0.1) is 30.4 Å². The number of nitrogens with zero attached hydrogens (tertiary/aromatic N) is 9. The van der Waals surface area contributed by atoms with E-state index in [0.717, 1.165) is 24.0 Å². The van der Waals surface area contributed by atoms with Crippen LogP contribution in [0.2, 0.25) is 0 Å². The van der Waals surface area contributed by atoms with Gasteiger partial charge >= 0.3 is 0 Å². The van der Waals surface area contributed by atoms with Crippen LogP contribution in [0.1, 0.15) is 64.2 Å². The largest absolute Gasteiger partial charge is 0.495 e. The second-order valence-corrected chi connectivity index (χ2v) is 13.5. The Labute approximate surface area is 328 Å². The quantitative estimate of drug-likeness (QED) is 0.0845. The van der Waals surface area contributed by atoms with Gasteiger partial charge in [-0.25, -0.2) is 29.6 Å². The number of ether oxygens (including phenoxy) is 2. The zero-order valence-corrected chi connectivity index (χ0v) is 33.1. The number of hydrogen-bond donors (Lipinski definition) is 3. The SMILES string of the molecule is CCc1nc(C)oc1C(=O)Nc1nc2cc(C)cc(OCCCNC)c2n1C/C=C/Cn1c2nc(-c3nc(C)nn3CC)ncc2c2cc(C(N)=O)cc(OC)c21. The summed E-state index contributed by atoms with van der Waals surface area (Å²) >= 11 is 0. The van der Waals surface area contributed by atoms with Gasteiger partial charge in [-0.15, -0.1) is 0 Å². The number of anilines is 1. The molecule has 2 aromatic carbocycles. The molecule has 4 N–H and O–H groups in total. The lowest BCUT2D eigenvalue weighted by atomic mass is 10.1. The number of oxazole rings is 1. The number of allylic oxidation sites excluding steroid dienone is 2. The zero-order chi connectivity index (χ0) is 40.4. The van der Waals surface area contributed by atoms with E-state index < -0.39 is 11.8 Å². The van der Waals surface area contributed by atoms with E-state index in [1.54, 1.807) is 37.0 Å². The van der Waals surface area contributed by atoms with Gasteiger partial charge < -0.3 is 34.1 Å². The van der Waals surface area contributed by atoms with Crippen LogP contribution in [0.15, 0.2) is 47.0 Å². The third kappa shape index (κ3) is 7.52. The highest BCUT2D eigenvalue weighted by Crippen LogP contribution is 2.36. The molecule has 0 bridgehead atoms. The van der Waals surface area contributed by atoms with Gasteiger partial charge in [0.25, 0.3) is 5.91 Å². The van der Waals surface area contributed by atoms with Crippen molar-refractivity contribution in [2.24, 2.45) is 5.73 Å². The Balaban J connectivity index is 1.31. The molecule has 7 aromatic rings. The van der Waals surface area contributed by atoms with Crippen LogP contribution in [0.25, 0.3) is 44.6 Å². The van der Waals surface area contributed by atoms with E-state index in [1.807, 2.05) is 68.2 Å². The molecule has 5 heterocycles. The third-order valence-corrected chi connectivity index (χ3v) is 9.53. The minimum atomic E-state index is -0.583. The fourth-order valence-corrected chi connectivity index (χ4v) is 6.97. The molecule has 17 nitrogen and oxygen atoms in total. The van der Waals surface area contributed by atoms with E-state index in [2.05, 4.69) is 30.7 Å². The molecule has 0 spiro atoms. The van der Waals surface area contributed by atoms with Gasteiger partial charge in [-0.05, 0) is 77.0 Å². The highest BCUT2D eigenvalue weighted by Gasteiger charge is 2.24. The van der Waals surface area contributed by atoms with Crippen molar-refractivity contribution in [2.75, 3.05) is 32.6 Å². The number of primary amides is 1. The van der Waals surface area contributed by atoms with E-state index in [-0.39, 0.29) is 5.76 Å². The maximum absolute atomic E-state index is 13.6.